The Morgan fingerprint density at radius 1 is 1.33 bits per heavy atom. The maximum atomic E-state index is 12.6. The molecule has 2 aromatic rings. The van der Waals surface area contributed by atoms with Gasteiger partial charge in [0.15, 0.2) is 0 Å². The molecule has 144 valence electrons. The van der Waals surface area contributed by atoms with E-state index in [2.05, 4.69) is 10.3 Å². The number of ether oxygens (including phenoxy) is 2. The number of rotatable bonds is 6. The summed E-state index contributed by atoms with van der Waals surface area (Å²) in [7, 11) is 1.54. The predicted molar refractivity (Wildman–Crippen MR) is 102 cm³/mol. The minimum Gasteiger partial charge on any atom is -0.378 e. The summed E-state index contributed by atoms with van der Waals surface area (Å²) in [5, 5.41) is 3.27. The summed E-state index contributed by atoms with van der Waals surface area (Å²) < 4.78 is 11.8. The lowest BCUT2D eigenvalue weighted by atomic mass is 10.3. The number of aromatic nitrogens is 2. The van der Waals surface area contributed by atoms with Crippen LogP contribution in [-0.2, 0) is 27.4 Å². The van der Waals surface area contributed by atoms with Gasteiger partial charge in [-0.05, 0) is 18.2 Å². The lowest BCUT2D eigenvalue weighted by Gasteiger charge is -2.29. The van der Waals surface area contributed by atoms with Crippen molar-refractivity contribution >= 4 is 29.1 Å². The van der Waals surface area contributed by atoms with E-state index in [0.717, 1.165) is 0 Å². The Labute approximate surface area is 161 Å². The zero-order valence-electron chi connectivity index (χ0n) is 15.0. The van der Waals surface area contributed by atoms with Gasteiger partial charge in [-0.1, -0.05) is 17.7 Å². The molecule has 9 heteroatoms. The normalized spacial score (nSPS) is 14.2. The molecule has 0 unspecified atom stereocenters. The van der Waals surface area contributed by atoms with Crippen LogP contribution in [0.3, 0.4) is 0 Å². The molecule has 1 fully saturated rings. The van der Waals surface area contributed by atoms with Crippen molar-refractivity contribution in [2.75, 3.05) is 43.6 Å². The second-order valence-electron chi connectivity index (χ2n) is 6.06. The second-order valence-corrected chi connectivity index (χ2v) is 6.50. The van der Waals surface area contributed by atoms with Gasteiger partial charge in [0.25, 0.3) is 5.56 Å². The monoisotopic (exact) mass is 392 g/mol. The van der Waals surface area contributed by atoms with Crippen molar-refractivity contribution < 1.29 is 14.3 Å². The first-order chi connectivity index (χ1) is 13.1. The number of hydrogen-bond donors (Lipinski definition) is 1. The van der Waals surface area contributed by atoms with Crippen molar-refractivity contribution in [2.24, 2.45) is 0 Å². The molecule has 0 spiro atoms. The van der Waals surface area contributed by atoms with E-state index < -0.39 is 0 Å². The third-order valence-corrected chi connectivity index (χ3v) is 4.27. The molecule has 1 aliphatic heterocycles. The Kier molecular flexibility index (Phi) is 6.44. The number of anilines is 2. The fourth-order valence-corrected chi connectivity index (χ4v) is 3.02. The largest absolute Gasteiger partial charge is 0.378 e. The van der Waals surface area contributed by atoms with Gasteiger partial charge < -0.3 is 19.7 Å². The molecule has 8 nitrogen and oxygen atoms in total. The first kappa shape index (κ1) is 19.3. The lowest BCUT2D eigenvalue weighted by molar-refractivity contribution is -0.116. The third kappa shape index (κ3) is 5.06. The van der Waals surface area contributed by atoms with E-state index in [9.17, 15) is 9.59 Å². The van der Waals surface area contributed by atoms with Crippen molar-refractivity contribution in [3.05, 3.63) is 51.4 Å². The molecule has 1 saturated heterocycles. The smallest absolute Gasteiger partial charge is 0.255 e. The number of carbonyl (C=O) groups is 1. The Morgan fingerprint density at radius 3 is 2.81 bits per heavy atom. The second kappa shape index (κ2) is 8.98. The Balaban J connectivity index is 1.86. The van der Waals surface area contributed by atoms with Crippen molar-refractivity contribution in [3.63, 3.8) is 0 Å². The van der Waals surface area contributed by atoms with E-state index in [1.165, 1.54) is 10.6 Å². The van der Waals surface area contributed by atoms with E-state index in [1.807, 2.05) is 4.90 Å². The highest BCUT2D eigenvalue weighted by Crippen LogP contribution is 2.16. The van der Waals surface area contributed by atoms with Crippen molar-refractivity contribution in [3.8, 4) is 0 Å². The molecule has 0 radical (unpaired) electrons. The topological polar surface area (TPSA) is 85.7 Å². The number of morpholine rings is 1. The highest BCUT2D eigenvalue weighted by molar-refractivity contribution is 6.30. The van der Waals surface area contributed by atoms with Gasteiger partial charge in [-0.3, -0.25) is 14.2 Å². The summed E-state index contributed by atoms with van der Waals surface area (Å²) in [4.78, 5) is 31.6. The van der Waals surface area contributed by atoms with Crippen molar-refractivity contribution in [2.45, 2.75) is 13.2 Å². The number of nitrogens with one attached hydrogen (secondary N) is 1. The van der Waals surface area contributed by atoms with Crippen LogP contribution in [0.5, 0.6) is 0 Å². The number of amides is 1. The SMILES string of the molecule is COCc1cc(=O)n(CC(=O)Nc2cccc(Cl)c2)c(N2CCOCC2)n1. The van der Waals surface area contributed by atoms with Gasteiger partial charge in [-0.25, -0.2) is 4.98 Å². The van der Waals surface area contributed by atoms with Gasteiger partial charge in [0.2, 0.25) is 11.9 Å². The van der Waals surface area contributed by atoms with Gasteiger partial charge >= 0.3 is 0 Å². The van der Waals surface area contributed by atoms with Crippen LogP contribution in [0.15, 0.2) is 35.1 Å². The average Bonchev–Trinajstić information content (AvgIpc) is 2.64. The molecule has 1 aromatic heterocycles. The first-order valence-corrected chi connectivity index (χ1v) is 8.92. The van der Waals surface area contributed by atoms with Gasteiger partial charge in [-0.2, -0.15) is 0 Å². The molecule has 1 aromatic carbocycles. The number of methoxy groups -OCH3 is 1. The van der Waals surface area contributed by atoms with Crippen LogP contribution in [0.2, 0.25) is 5.02 Å². The summed E-state index contributed by atoms with van der Waals surface area (Å²) >= 11 is 5.94. The van der Waals surface area contributed by atoms with Crippen LogP contribution >= 0.6 is 11.6 Å². The molecule has 27 heavy (non-hydrogen) atoms. The highest BCUT2D eigenvalue weighted by atomic mass is 35.5. The zero-order chi connectivity index (χ0) is 19.2. The number of hydrogen-bond acceptors (Lipinski definition) is 6. The zero-order valence-corrected chi connectivity index (χ0v) is 15.7. The van der Waals surface area contributed by atoms with Crippen LogP contribution in [0, 0.1) is 0 Å². The Bertz CT molecular complexity index is 865. The van der Waals surface area contributed by atoms with Gasteiger partial charge in [-0.15, -0.1) is 0 Å². The minimum atomic E-state index is -0.338. The molecular formula is C18H21ClN4O4. The fourth-order valence-electron chi connectivity index (χ4n) is 2.83. The molecule has 3 rings (SSSR count). The van der Waals surface area contributed by atoms with E-state index in [0.29, 0.717) is 48.7 Å². The molecule has 1 aliphatic rings. The Morgan fingerprint density at radius 2 is 2.11 bits per heavy atom. The maximum absolute atomic E-state index is 12.6. The van der Waals surface area contributed by atoms with Crippen LogP contribution in [-0.4, -0.2) is 48.9 Å². The molecular weight excluding hydrogens is 372 g/mol. The first-order valence-electron chi connectivity index (χ1n) is 8.54. The average molecular weight is 393 g/mol. The summed E-state index contributed by atoms with van der Waals surface area (Å²) in [5.41, 5.74) is 0.785. The fraction of sp³-hybridized carbons (Fsp3) is 0.389. The molecule has 0 atom stereocenters. The maximum Gasteiger partial charge on any atom is 0.255 e. The summed E-state index contributed by atoms with van der Waals surface area (Å²) in [6.07, 6.45) is 0. The van der Waals surface area contributed by atoms with Gasteiger partial charge in [0, 0.05) is 37.0 Å². The van der Waals surface area contributed by atoms with Crippen LogP contribution < -0.4 is 15.8 Å². The quantitative estimate of drug-likeness (QED) is 0.802. The summed E-state index contributed by atoms with van der Waals surface area (Å²) in [6.45, 7) is 2.34. The van der Waals surface area contributed by atoms with Crippen LogP contribution in [0.25, 0.3) is 0 Å². The minimum absolute atomic E-state index is 0.154. The van der Waals surface area contributed by atoms with Crippen molar-refractivity contribution in [1.29, 1.82) is 0 Å². The molecule has 2 heterocycles. The third-order valence-electron chi connectivity index (χ3n) is 4.04. The van der Waals surface area contributed by atoms with Gasteiger partial charge in [0.05, 0.1) is 25.5 Å². The molecule has 1 N–H and O–H groups in total. The lowest BCUT2D eigenvalue weighted by Crippen LogP contribution is -2.42. The Hall–Kier alpha value is -2.42. The summed E-state index contributed by atoms with van der Waals surface area (Å²) in [5.74, 6) is 0.106. The van der Waals surface area contributed by atoms with Gasteiger partial charge in [0.1, 0.15) is 6.54 Å². The number of halogens is 1. The molecule has 0 bridgehead atoms. The highest BCUT2D eigenvalue weighted by Gasteiger charge is 2.20. The van der Waals surface area contributed by atoms with Crippen LogP contribution in [0.4, 0.5) is 11.6 Å². The summed E-state index contributed by atoms with van der Waals surface area (Å²) in [6, 6.07) is 8.22. The van der Waals surface area contributed by atoms with Crippen LogP contribution in [0.1, 0.15) is 5.69 Å². The number of nitrogens with zero attached hydrogens (tertiary/aromatic N) is 3. The van der Waals surface area contributed by atoms with E-state index in [4.69, 9.17) is 21.1 Å². The molecule has 1 amide bonds. The van der Waals surface area contributed by atoms with E-state index in [1.54, 1.807) is 31.4 Å². The van der Waals surface area contributed by atoms with E-state index in [-0.39, 0.29) is 24.6 Å². The standard InChI is InChI=1S/C18H21ClN4O4/c1-26-12-15-10-17(25)23(18(21-15)22-5-7-27-8-6-22)11-16(24)20-14-4-2-3-13(19)9-14/h2-4,9-10H,5-8,11-12H2,1H3,(H,20,24). The van der Waals surface area contributed by atoms with E-state index >= 15 is 0 Å². The number of carbonyl (C=O) groups excluding carboxylic acids is 1. The van der Waals surface area contributed by atoms with Crippen molar-refractivity contribution in [1.82, 2.24) is 9.55 Å². The number of benzene rings is 1. The molecule has 0 saturated carbocycles. The predicted octanol–water partition coefficient (Wildman–Crippen LogP) is 1.52. The molecule has 0 aliphatic carbocycles.